The van der Waals surface area contributed by atoms with Gasteiger partial charge < -0.3 is 29.6 Å². The number of H-pyrrole nitrogens is 1. The molecule has 9 nitrogen and oxygen atoms in total. The Kier molecular flexibility index (Phi) is 5.73. The summed E-state index contributed by atoms with van der Waals surface area (Å²) in [4.78, 5) is 48.0. The first-order valence-electron chi connectivity index (χ1n) is 15.6. The molecule has 234 valence electrons. The second kappa shape index (κ2) is 9.06. The van der Waals surface area contributed by atoms with E-state index in [0.717, 1.165) is 63.9 Å². The SMILES string of the molecule is C=C(C)c1c(NC)c(OC(C)=O)cc2c1C(CCl)CN2C(=O)C12CC3(C(=O)N4CCc5c4cc(OC)c4[nH]cc(C)c54)CC13C2. The fourth-order valence-corrected chi connectivity index (χ4v) is 9.83. The summed E-state index contributed by atoms with van der Waals surface area (Å²) in [5.74, 6) is 1.06. The van der Waals surface area contributed by atoms with Crippen molar-refractivity contribution in [1.82, 2.24) is 4.98 Å². The topological polar surface area (TPSA) is 104 Å². The Morgan fingerprint density at radius 1 is 1.09 bits per heavy atom. The third kappa shape index (κ3) is 3.32. The van der Waals surface area contributed by atoms with E-state index in [1.54, 1.807) is 20.2 Å². The monoisotopic (exact) mass is 628 g/mol. The normalized spacial score (nSPS) is 28.1. The van der Waals surface area contributed by atoms with Crippen molar-refractivity contribution in [3.8, 4) is 11.5 Å². The van der Waals surface area contributed by atoms with Crippen molar-refractivity contribution >= 4 is 62.9 Å². The van der Waals surface area contributed by atoms with Crippen LogP contribution in [0.4, 0.5) is 17.1 Å². The molecule has 3 saturated carbocycles. The van der Waals surface area contributed by atoms with E-state index in [1.165, 1.54) is 12.5 Å². The predicted octanol–water partition coefficient (Wildman–Crippen LogP) is 5.91. The van der Waals surface area contributed by atoms with Crippen molar-refractivity contribution in [2.24, 2.45) is 16.2 Å². The van der Waals surface area contributed by atoms with Gasteiger partial charge in [-0.2, -0.15) is 0 Å². The summed E-state index contributed by atoms with van der Waals surface area (Å²) in [6.45, 7) is 10.6. The largest absolute Gasteiger partial charge is 0.494 e. The highest BCUT2D eigenvalue weighted by atomic mass is 35.5. The Balaban J connectivity index is 1.11. The molecule has 3 aliphatic carbocycles. The van der Waals surface area contributed by atoms with Gasteiger partial charge in [0.15, 0.2) is 5.75 Å². The van der Waals surface area contributed by atoms with Crippen LogP contribution in [0.2, 0.25) is 0 Å². The van der Waals surface area contributed by atoms with Gasteiger partial charge in [0.2, 0.25) is 11.8 Å². The number of nitrogens with zero attached hydrogens (tertiary/aromatic N) is 2. The molecule has 0 radical (unpaired) electrons. The van der Waals surface area contributed by atoms with Crippen LogP contribution < -0.4 is 24.6 Å². The lowest BCUT2D eigenvalue weighted by atomic mass is 9.72. The molecule has 2 aliphatic heterocycles. The van der Waals surface area contributed by atoms with Crippen molar-refractivity contribution in [1.29, 1.82) is 0 Å². The van der Waals surface area contributed by atoms with Gasteiger partial charge in [-0.05, 0) is 61.8 Å². The summed E-state index contributed by atoms with van der Waals surface area (Å²) in [5, 5.41) is 4.31. The Labute approximate surface area is 266 Å². The number of benzene rings is 2. The fraction of sp³-hybridized carbons (Fsp3) is 0.457. The number of rotatable bonds is 7. The molecule has 3 fully saturated rings. The lowest BCUT2D eigenvalue weighted by Gasteiger charge is -2.37. The molecule has 0 saturated heterocycles. The van der Waals surface area contributed by atoms with Crippen LogP contribution in [-0.4, -0.2) is 55.9 Å². The second-order valence-corrected chi connectivity index (χ2v) is 14.0. The number of hydrogen-bond acceptors (Lipinski definition) is 6. The lowest BCUT2D eigenvalue weighted by Crippen LogP contribution is -2.49. The van der Waals surface area contributed by atoms with Crippen LogP contribution in [0.25, 0.3) is 16.5 Å². The summed E-state index contributed by atoms with van der Waals surface area (Å²) in [6, 6.07) is 3.77. The maximum absolute atomic E-state index is 14.5. The number of fused-ring (bicyclic) bond motifs is 4. The minimum absolute atomic E-state index is 0.0455. The Hall–Kier alpha value is -3.98. The molecule has 4 unspecified atom stereocenters. The van der Waals surface area contributed by atoms with Gasteiger partial charge in [-0.3, -0.25) is 14.4 Å². The van der Waals surface area contributed by atoms with Crippen LogP contribution in [0.5, 0.6) is 11.5 Å². The van der Waals surface area contributed by atoms with Crippen LogP contribution in [-0.2, 0) is 20.8 Å². The van der Waals surface area contributed by atoms with E-state index in [-0.39, 0.29) is 23.1 Å². The van der Waals surface area contributed by atoms with Crippen molar-refractivity contribution in [2.75, 3.05) is 48.2 Å². The first-order chi connectivity index (χ1) is 21.5. The van der Waals surface area contributed by atoms with Gasteiger partial charge in [0.25, 0.3) is 0 Å². The van der Waals surface area contributed by atoms with E-state index in [0.29, 0.717) is 42.5 Å². The molecule has 45 heavy (non-hydrogen) atoms. The fourth-order valence-electron chi connectivity index (χ4n) is 9.58. The molecular weight excluding hydrogens is 592 g/mol. The number of alkyl halides is 1. The number of methoxy groups -OCH3 is 1. The smallest absolute Gasteiger partial charge is 0.308 e. The number of aryl methyl sites for hydroxylation is 1. The van der Waals surface area contributed by atoms with Crippen LogP contribution >= 0.6 is 11.6 Å². The summed E-state index contributed by atoms with van der Waals surface area (Å²) >= 11 is 6.51. The van der Waals surface area contributed by atoms with Gasteiger partial charge in [0, 0.05) is 73.6 Å². The number of esters is 1. The quantitative estimate of drug-likeness (QED) is 0.191. The lowest BCUT2D eigenvalue weighted by molar-refractivity contribution is -0.134. The molecule has 8 rings (SSSR count). The van der Waals surface area contributed by atoms with Gasteiger partial charge in [0.05, 0.1) is 40.5 Å². The third-order valence-corrected chi connectivity index (χ3v) is 11.9. The Bertz CT molecular complexity index is 1920. The first kappa shape index (κ1) is 28.5. The number of halogens is 1. The van der Waals surface area contributed by atoms with Crippen LogP contribution in [0, 0.1) is 23.2 Å². The van der Waals surface area contributed by atoms with Crippen LogP contribution in [0.1, 0.15) is 61.3 Å². The molecule has 2 amide bonds. The standard InChI is InChI=1S/C35H37ClN4O5/c1-17(2)26-28-20(11-36)13-40(23(28)10-25(29(26)37-5)45-19(4)41)32(43)34-14-33(15-35(33,34)16-34)31(42)39-8-7-21-22(39)9-24(44-6)30-27(21)18(3)12-38-30/h9-10,12,20,37-38H,1,7-8,11,13-16H2,2-6H3. The highest BCUT2D eigenvalue weighted by Crippen LogP contribution is 3.01. The first-order valence-corrected chi connectivity index (χ1v) is 16.1. The van der Waals surface area contributed by atoms with Crippen molar-refractivity contribution in [2.45, 2.75) is 52.4 Å². The zero-order valence-corrected chi connectivity index (χ0v) is 27.0. The molecule has 2 aromatic carbocycles. The van der Waals surface area contributed by atoms with E-state index in [1.807, 2.05) is 29.0 Å². The van der Waals surface area contributed by atoms with E-state index in [4.69, 9.17) is 21.1 Å². The number of ether oxygens (including phenoxy) is 2. The molecule has 10 heteroatoms. The Morgan fingerprint density at radius 3 is 2.38 bits per heavy atom. The zero-order valence-electron chi connectivity index (χ0n) is 26.3. The number of amides is 2. The minimum Gasteiger partial charge on any atom is -0.494 e. The van der Waals surface area contributed by atoms with E-state index >= 15 is 0 Å². The van der Waals surface area contributed by atoms with Gasteiger partial charge in [-0.25, -0.2) is 0 Å². The Morgan fingerprint density at radius 2 is 1.78 bits per heavy atom. The highest BCUT2D eigenvalue weighted by molar-refractivity contribution is 6.19. The molecule has 0 bridgehead atoms. The average molecular weight is 629 g/mol. The summed E-state index contributed by atoms with van der Waals surface area (Å²) in [7, 11) is 3.43. The van der Waals surface area contributed by atoms with E-state index in [2.05, 4.69) is 23.8 Å². The molecule has 2 N–H and O–H groups in total. The number of aromatic nitrogens is 1. The summed E-state index contributed by atoms with van der Waals surface area (Å²) < 4.78 is 11.3. The number of anilines is 3. The minimum atomic E-state index is -0.546. The number of allylic oxidation sites excluding steroid dienone is 1. The maximum Gasteiger partial charge on any atom is 0.308 e. The average Bonchev–Trinajstić information content (AvgIpc) is 3.41. The van der Waals surface area contributed by atoms with Gasteiger partial charge >= 0.3 is 5.97 Å². The van der Waals surface area contributed by atoms with Crippen molar-refractivity contribution in [3.05, 3.63) is 47.2 Å². The number of carbonyl (C=O) groups excluding carboxylic acids is 3. The number of aromatic amines is 1. The van der Waals surface area contributed by atoms with Crippen LogP contribution in [0.15, 0.2) is 24.9 Å². The molecule has 1 aromatic heterocycles. The zero-order chi connectivity index (χ0) is 31.8. The predicted molar refractivity (Wildman–Crippen MR) is 175 cm³/mol. The molecular formula is C35H37ClN4O5. The highest BCUT2D eigenvalue weighted by Gasteiger charge is 3.01. The van der Waals surface area contributed by atoms with E-state index < -0.39 is 16.8 Å². The number of hydrogen-bond donors (Lipinski definition) is 2. The maximum atomic E-state index is 14.5. The van der Waals surface area contributed by atoms with E-state index in [9.17, 15) is 14.4 Å². The third-order valence-electron chi connectivity index (χ3n) is 11.5. The number of nitrogens with one attached hydrogen (secondary N) is 2. The van der Waals surface area contributed by atoms with Crippen molar-refractivity contribution < 1.29 is 23.9 Å². The molecule has 5 aliphatic rings. The molecule has 1 spiro atoms. The summed E-state index contributed by atoms with van der Waals surface area (Å²) in [6.07, 6.45) is 4.81. The van der Waals surface area contributed by atoms with Gasteiger partial charge in [0.1, 0.15) is 5.75 Å². The van der Waals surface area contributed by atoms with Crippen molar-refractivity contribution in [3.63, 3.8) is 0 Å². The molecule has 3 heterocycles. The van der Waals surface area contributed by atoms with Gasteiger partial charge in [-0.15, -0.1) is 11.6 Å². The molecule has 3 aromatic rings. The molecule has 4 atom stereocenters. The van der Waals surface area contributed by atoms with Crippen LogP contribution in [0.3, 0.4) is 0 Å². The number of carbonyl (C=O) groups is 3. The van der Waals surface area contributed by atoms with Gasteiger partial charge in [-0.1, -0.05) is 6.58 Å². The summed E-state index contributed by atoms with van der Waals surface area (Å²) in [5.41, 5.74) is 6.84. The second-order valence-electron chi connectivity index (χ2n) is 13.7.